The second-order valence-corrected chi connectivity index (χ2v) is 8.28. The second kappa shape index (κ2) is 12.3. The van der Waals surface area contributed by atoms with Crippen molar-refractivity contribution in [2.45, 2.75) is 30.7 Å². The Balaban J connectivity index is 0.00000112. The summed E-state index contributed by atoms with van der Waals surface area (Å²) in [6.45, 7) is -0.538. The summed E-state index contributed by atoms with van der Waals surface area (Å²) in [4.78, 5) is 20.7. The van der Waals surface area contributed by atoms with Crippen molar-refractivity contribution in [2.24, 2.45) is 5.10 Å². The van der Waals surface area contributed by atoms with Crippen LogP contribution in [-0.4, -0.2) is 89.5 Å². The van der Waals surface area contributed by atoms with Crippen molar-refractivity contribution in [1.29, 1.82) is 5.41 Å². The van der Waals surface area contributed by atoms with Crippen molar-refractivity contribution in [3.8, 4) is 11.4 Å². The summed E-state index contributed by atoms with van der Waals surface area (Å²) in [7, 11) is 0. The van der Waals surface area contributed by atoms with E-state index >= 15 is 0 Å². The number of aliphatic hydroxyl groups excluding tert-OH is 4. The highest BCUT2D eigenvalue weighted by Gasteiger charge is 2.44. The van der Waals surface area contributed by atoms with Crippen LogP contribution in [0, 0.1) is 5.41 Å². The molecule has 4 aromatic rings. The number of aromatic nitrogens is 4. The minimum Gasteiger partial charge on any atom is -0.462 e. The molecule has 1 fully saturated rings. The van der Waals surface area contributed by atoms with Gasteiger partial charge >= 0.3 is 6.15 Å². The molecule has 202 valence electrons. The molecule has 1 aliphatic heterocycles. The number of nitrogens with one attached hydrogen (secondary N) is 1. The number of aliphatic hydroxyl groups is 4. The first-order chi connectivity index (χ1) is 18.9. The van der Waals surface area contributed by atoms with Crippen LogP contribution in [0.5, 0.6) is 5.75 Å². The van der Waals surface area contributed by atoms with E-state index in [0.717, 1.165) is 5.69 Å². The van der Waals surface area contributed by atoms with E-state index in [1.54, 1.807) is 41.4 Å². The predicted octanol–water partition coefficient (Wildman–Crippen LogP) is -0.821. The molecular formula is C25H24N6O8. The number of benzene rings is 2. The fraction of sp³-hybridized carbons (Fsp3) is 0.240. The molecule has 0 saturated carbocycles. The van der Waals surface area contributed by atoms with Crippen molar-refractivity contribution in [3.63, 3.8) is 0 Å². The van der Waals surface area contributed by atoms with E-state index in [1.165, 1.54) is 11.0 Å². The number of nitrogens with zero attached hydrogens (tertiary/aromatic N) is 5. The average Bonchev–Trinajstić information content (AvgIpc) is 3.40. The third kappa shape index (κ3) is 5.97. The number of fused-ring (bicyclic) bond motifs is 1. The molecule has 0 amide bonds. The van der Waals surface area contributed by atoms with Crippen LogP contribution in [0.3, 0.4) is 0 Å². The fourth-order valence-electron chi connectivity index (χ4n) is 3.83. The molecule has 0 aliphatic carbocycles. The number of para-hydroxylation sites is 1. The lowest BCUT2D eigenvalue weighted by Crippen LogP contribution is -2.60. The van der Waals surface area contributed by atoms with E-state index in [9.17, 15) is 20.4 Å². The normalized spacial score (nSPS) is 22.7. The Kier molecular flexibility index (Phi) is 8.68. The van der Waals surface area contributed by atoms with Gasteiger partial charge in [-0.25, -0.2) is 14.3 Å². The zero-order valence-electron chi connectivity index (χ0n) is 20.2. The minimum absolute atomic E-state index is 0.126. The summed E-state index contributed by atoms with van der Waals surface area (Å²) in [5.74, 6) is 0.335. The monoisotopic (exact) mass is 536 g/mol. The lowest BCUT2D eigenvalue weighted by atomic mass is 9.99. The molecule has 1 saturated heterocycles. The van der Waals surface area contributed by atoms with E-state index in [4.69, 9.17) is 24.5 Å². The van der Waals surface area contributed by atoms with Crippen LogP contribution in [0.4, 0.5) is 0 Å². The van der Waals surface area contributed by atoms with Gasteiger partial charge in [0.1, 0.15) is 36.5 Å². The summed E-state index contributed by atoms with van der Waals surface area (Å²) < 4.78 is 13.9. The Hall–Kier alpha value is -4.56. The highest BCUT2D eigenvalue weighted by atomic mass is 16.7. The smallest absolute Gasteiger partial charge is 0.373 e. The third-order valence-corrected chi connectivity index (χ3v) is 5.83. The zero-order chi connectivity index (χ0) is 27.9. The molecule has 5 rings (SSSR count). The second-order valence-electron chi connectivity index (χ2n) is 8.28. The molecule has 0 spiro atoms. The van der Waals surface area contributed by atoms with Crippen molar-refractivity contribution >= 4 is 23.4 Å². The number of ether oxygens (including phenoxy) is 2. The Morgan fingerprint density at radius 3 is 2.41 bits per heavy atom. The van der Waals surface area contributed by atoms with Gasteiger partial charge in [0.05, 0.1) is 30.1 Å². The molecule has 0 radical (unpaired) electrons. The summed E-state index contributed by atoms with van der Waals surface area (Å²) in [6, 6.07) is 16.1. The van der Waals surface area contributed by atoms with Crippen LogP contribution in [0.2, 0.25) is 0 Å². The molecule has 0 bridgehead atoms. The van der Waals surface area contributed by atoms with E-state index in [1.807, 2.05) is 30.3 Å². The molecule has 14 heteroatoms. The first-order valence-electron chi connectivity index (χ1n) is 11.5. The van der Waals surface area contributed by atoms with E-state index in [-0.39, 0.29) is 11.6 Å². The lowest BCUT2D eigenvalue weighted by Gasteiger charge is -2.39. The van der Waals surface area contributed by atoms with Crippen LogP contribution in [0.1, 0.15) is 5.56 Å². The summed E-state index contributed by atoms with van der Waals surface area (Å²) in [5.41, 5.74) is 2.21. The van der Waals surface area contributed by atoms with Gasteiger partial charge in [-0.15, -0.1) is 0 Å². The third-order valence-electron chi connectivity index (χ3n) is 5.83. The molecule has 5 unspecified atom stereocenters. The maximum atomic E-state index is 10.1. The number of hydrogen-bond acceptors (Lipinski definition) is 12. The summed E-state index contributed by atoms with van der Waals surface area (Å²) >= 11 is 0. The first-order valence-corrected chi connectivity index (χ1v) is 11.5. The molecule has 5 atom stereocenters. The van der Waals surface area contributed by atoms with Crippen LogP contribution in [0.25, 0.3) is 16.7 Å². The van der Waals surface area contributed by atoms with E-state index in [0.29, 0.717) is 22.3 Å². The Labute approximate surface area is 220 Å². The van der Waals surface area contributed by atoms with Crippen LogP contribution < -0.4 is 10.2 Å². The lowest BCUT2D eigenvalue weighted by molar-refractivity contribution is -0.277. The van der Waals surface area contributed by atoms with E-state index < -0.39 is 37.3 Å². The number of hydrogen-bond donors (Lipinski definition) is 5. The molecule has 39 heavy (non-hydrogen) atoms. The van der Waals surface area contributed by atoms with Crippen LogP contribution in [-0.2, 0) is 14.3 Å². The molecule has 14 nitrogen and oxygen atoms in total. The topological polar surface area (TPSA) is 205 Å². The maximum absolute atomic E-state index is 10.1. The van der Waals surface area contributed by atoms with Crippen molar-refractivity contribution in [1.82, 2.24) is 19.4 Å². The Morgan fingerprint density at radius 2 is 1.74 bits per heavy atom. The molecule has 2 aromatic heterocycles. The standard InChI is InChI=1S/C24H24N6O6.CO2/c25-22-17-11-28-30(15-4-2-1-3-5-15)23(17)26-13-29(22)27-10-14-6-8-16(9-7-14)35-24-21(34)20(33)19(32)18(12-31)36-24;2-1-3/h1-11,13,18-21,24-25,31-34H,12H2;/b25-22?,27-10-;. The Morgan fingerprint density at radius 1 is 1.05 bits per heavy atom. The first kappa shape index (κ1) is 27.5. The summed E-state index contributed by atoms with van der Waals surface area (Å²) in [5, 5.41) is 56.9. The van der Waals surface area contributed by atoms with Gasteiger partial charge < -0.3 is 29.9 Å². The number of rotatable bonds is 6. The highest BCUT2D eigenvalue weighted by molar-refractivity contribution is 5.80. The van der Waals surface area contributed by atoms with Crippen molar-refractivity contribution < 1.29 is 39.5 Å². The largest absolute Gasteiger partial charge is 0.462 e. The van der Waals surface area contributed by atoms with Crippen molar-refractivity contribution in [3.05, 3.63) is 78.2 Å². The highest BCUT2D eigenvalue weighted by Crippen LogP contribution is 2.24. The van der Waals surface area contributed by atoms with Crippen molar-refractivity contribution in [2.75, 3.05) is 6.61 Å². The fourth-order valence-corrected chi connectivity index (χ4v) is 3.83. The van der Waals surface area contributed by atoms with Gasteiger partial charge in [-0.1, -0.05) is 18.2 Å². The molecule has 3 heterocycles. The Bertz CT molecular complexity index is 1510. The van der Waals surface area contributed by atoms with Gasteiger partial charge in [0.15, 0.2) is 11.1 Å². The molecule has 5 N–H and O–H groups in total. The minimum atomic E-state index is -1.52. The number of carbonyl (C=O) groups excluding carboxylic acids is 2. The zero-order valence-corrected chi connectivity index (χ0v) is 20.2. The van der Waals surface area contributed by atoms with Gasteiger partial charge in [-0.3, -0.25) is 5.41 Å². The molecule has 1 aliphatic rings. The van der Waals surface area contributed by atoms with Crippen LogP contribution >= 0.6 is 0 Å². The van der Waals surface area contributed by atoms with Crippen LogP contribution in [0.15, 0.2) is 72.2 Å². The van der Waals surface area contributed by atoms with Gasteiger partial charge in [0.2, 0.25) is 6.29 Å². The molecule has 2 aromatic carbocycles. The quantitative estimate of drug-likeness (QED) is 0.194. The average molecular weight is 537 g/mol. The maximum Gasteiger partial charge on any atom is 0.373 e. The van der Waals surface area contributed by atoms with Gasteiger partial charge in [-0.2, -0.15) is 19.8 Å². The van der Waals surface area contributed by atoms with E-state index in [2.05, 4.69) is 15.2 Å². The predicted molar refractivity (Wildman–Crippen MR) is 132 cm³/mol. The van der Waals surface area contributed by atoms with Gasteiger partial charge in [0.25, 0.3) is 0 Å². The van der Waals surface area contributed by atoms with Gasteiger partial charge in [0, 0.05) is 0 Å². The summed E-state index contributed by atoms with van der Waals surface area (Å²) in [6.07, 6.45) is -1.97. The van der Waals surface area contributed by atoms with Gasteiger partial charge in [-0.05, 0) is 42.0 Å². The molecular weight excluding hydrogens is 512 g/mol. The SMILES string of the molecule is N=c1c2cnn(-c3ccccc3)c2ncn1/N=C\c1ccc(OC2OC(CO)C(O)C(O)C2O)cc1.O=C=O.